The molecule has 0 spiro atoms. The number of anilines is 1. The Morgan fingerprint density at radius 1 is 0.738 bits per heavy atom. The van der Waals surface area contributed by atoms with Crippen molar-refractivity contribution >= 4 is 23.5 Å². The van der Waals surface area contributed by atoms with Gasteiger partial charge in [0.2, 0.25) is 5.91 Å². The summed E-state index contributed by atoms with van der Waals surface area (Å²) in [7, 11) is 0. The quantitative estimate of drug-likeness (QED) is 0.161. The zero-order chi connectivity index (χ0) is 29.9. The first-order valence-electron chi connectivity index (χ1n) is 14.0. The lowest BCUT2D eigenvalue weighted by atomic mass is 9.99. The van der Waals surface area contributed by atoms with Crippen LogP contribution in [0.1, 0.15) is 49.0 Å². The van der Waals surface area contributed by atoms with Crippen LogP contribution >= 0.6 is 0 Å². The van der Waals surface area contributed by atoms with Crippen molar-refractivity contribution in [2.24, 2.45) is 0 Å². The van der Waals surface area contributed by atoms with E-state index in [2.05, 4.69) is 10.3 Å². The molecule has 0 unspecified atom stereocenters. The second-order valence-electron chi connectivity index (χ2n) is 9.59. The maximum atomic E-state index is 13.0. The van der Waals surface area contributed by atoms with E-state index in [1.165, 1.54) is 0 Å². The second kappa shape index (κ2) is 14.6. The summed E-state index contributed by atoms with van der Waals surface area (Å²) in [6, 6.07) is 26.0. The van der Waals surface area contributed by atoms with Crippen LogP contribution in [-0.2, 0) is 16.0 Å². The smallest absolute Gasteiger partial charge is 0.303 e. The van der Waals surface area contributed by atoms with E-state index in [0.29, 0.717) is 48.2 Å². The molecule has 0 saturated heterocycles. The lowest BCUT2D eigenvalue weighted by Gasteiger charge is -2.13. The largest absolute Gasteiger partial charge is 0.490 e. The minimum atomic E-state index is -0.851. The first-order chi connectivity index (χ1) is 20.4. The van der Waals surface area contributed by atoms with Gasteiger partial charge in [0.25, 0.3) is 0 Å². The number of pyridine rings is 1. The summed E-state index contributed by atoms with van der Waals surface area (Å²) in [5.41, 5.74) is 4.61. The van der Waals surface area contributed by atoms with E-state index in [1.807, 2.05) is 74.5 Å². The Hall–Kier alpha value is -4.98. The molecule has 216 valence electrons. The van der Waals surface area contributed by atoms with Gasteiger partial charge in [-0.15, -0.1) is 0 Å². The van der Waals surface area contributed by atoms with Crippen LogP contribution in [0.5, 0.6) is 11.5 Å². The number of ketones is 1. The van der Waals surface area contributed by atoms with E-state index in [9.17, 15) is 14.4 Å². The molecule has 42 heavy (non-hydrogen) atoms. The molecule has 3 aromatic carbocycles. The van der Waals surface area contributed by atoms with Gasteiger partial charge in [0, 0.05) is 30.4 Å². The highest BCUT2D eigenvalue weighted by molar-refractivity contribution is 6.00. The molecule has 4 aromatic rings. The van der Waals surface area contributed by atoms with Crippen LogP contribution in [0.3, 0.4) is 0 Å². The third kappa shape index (κ3) is 8.27. The number of hydrogen-bond donors (Lipinski definition) is 2. The number of carbonyl (C=O) groups is 3. The first-order valence-corrected chi connectivity index (χ1v) is 14.0. The number of benzene rings is 3. The fourth-order valence-corrected chi connectivity index (χ4v) is 4.48. The number of carboxylic acids is 1. The number of aryl methyl sites for hydroxylation is 1. The number of carboxylic acid groups (broad SMARTS) is 1. The fourth-order valence-electron chi connectivity index (χ4n) is 4.48. The Bertz CT molecular complexity index is 1550. The average molecular weight is 567 g/mol. The summed E-state index contributed by atoms with van der Waals surface area (Å²) in [4.78, 5) is 41.6. The van der Waals surface area contributed by atoms with E-state index in [-0.39, 0.29) is 31.0 Å². The molecule has 0 aliphatic carbocycles. The van der Waals surface area contributed by atoms with Crippen LogP contribution in [0.2, 0.25) is 0 Å². The summed E-state index contributed by atoms with van der Waals surface area (Å²) >= 11 is 0. The van der Waals surface area contributed by atoms with Gasteiger partial charge in [0.1, 0.15) is 5.82 Å². The van der Waals surface area contributed by atoms with E-state index in [0.717, 1.165) is 22.3 Å². The number of ether oxygens (including phenoxy) is 2. The Morgan fingerprint density at radius 3 is 2.21 bits per heavy atom. The van der Waals surface area contributed by atoms with Gasteiger partial charge in [-0.05, 0) is 67.3 Å². The highest BCUT2D eigenvalue weighted by atomic mass is 16.5. The van der Waals surface area contributed by atoms with Crippen molar-refractivity contribution < 1.29 is 29.0 Å². The molecule has 0 aliphatic rings. The second-order valence-corrected chi connectivity index (χ2v) is 9.59. The van der Waals surface area contributed by atoms with Crippen LogP contribution in [0, 0.1) is 0 Å². The zero-order valence-corrected chi connectivity index (χ0v) is 23.8. The van der Waals surface area contributed by atoms with Gasteiger partial charge in [-0.2, -0.15) is 0 Å². The van der Waals surface area contributed by atoms with E-state index in [4.69, 9.17) is 14.6 Å². The van der Waals surface area contributed by atoms with Gasteiger partial charge in [-0.3, -0.25) is 14.4 Å². The van der Waals surface area contributed by atoms with Crippen molar-refractivity contribution in [3.63, 3.8) is 0 Å². The number of aromatic nitrogens is 1. The van der Waals surface area contributed by atoms with Gasteiger partial charge in [-0.1, -0.05) is 54.6 Å². The predicted molar refractivity (Wildman–Crippen MR) is 162 cm³/mol. The minimum Gasteiger partial charge on any atom is -0.490 e. The average Bonchev–Trinajstić information content (AvgIpc) is 3.00. The van der Waals surface area contributed by atoms with Crippen molar-refractivity contribution in [3.05, 3.63) is 96.1 Å². The molecule has 2 N–H and O–H groups in total. The van der Waals surface area contributed by atoms with E-state index >= 15 is 0 Å². The van der Waals surface area contributed by atoms with Crippen LogP contribution in [0.15, 0.2) is 84.9 Å². The number of nitrogens with one attached hydrogen (secondary N) is 1. The summed E-state index contributed by atoms with van der Waals surface area (Å²) in [5, 5.41) is 11.9. The fraction of sp³-hybridized carbons (Fsp3) is 0.235. The maximum absolute atomic E-state index is 13.0. The number of rotatable bonds is 14. The normalized spacial score (nSPS) is 10.6. The summed E-state index contributed by atoms with van der Waals surface area (Å²) < 4.78 is 11.2. The standard InChI is InChI=1S/C34H34N2O6/c1-3-41-30-16-14-26(21-31(30)42-4-2)29(37)15-17-33(38)36-32-22-27(20-28(35-32)24-10-6-5-7-11-24)25-12-8-9-23(19-25)13-18-34(39)40/h5-12,14,16,19-22H,3-4,13,15,17-18H2,1-2H3,(H,39,40)(H,35,36,38). The third-order valence-electron chi connectivity index (χ3n) is 6.49. The molecule has 0 saturated carbocycles. The van der Waals surface area contributed by atoms with Crippen molar-refractivity contribution in [3.8, 4) is 33.9 Å². The molecule has 8 heteroatoms. The molecule has 0 radical (unpaired) electrons. The van der Waals surface area contributed by atoms with Gasteiger partial charge < -0.3 is 19.9 Å². The number of Topliss-reactive ketones (excluding diaryl/α,β-unsaturated/α-hetero) is 1. The van der Waals surface area contributed by atoms with Crippen LogP contribution in [0.4, 0.5) is 5.82 Å². The molecule has 0 fully saturated rings. The Morgan fingerprint density at radius 2 is 1.48 bits per heavy atom. The van der Waals surface area contributed by atoms with Gasteiger partial charge >= 0.3 is 5.97 Å². The first kappa shape index (κ1) is 30.0. The molecule has 0 atom stereocenters. The minimum absolute atomic E-state index is 0.0161. The van der Waals surface area contributed by atoms with Crippen molar-refractivity contribution in [1.29, 1.82) is 0 Å². The van der Waals surface area contributed by atoms with Crippen molar-refractivity contribution in [2.75, 3.05) is 18.5 Å². The van der Waals surface area contributed by atoms with E-state index < -0.39 is 5.97 Å². The highest BCUT2D eigenvalue weighted by Crippen LogP contribution is 2.30. The van der Waals surface area contributed by atoms with Crippen molar-refractivity contribution in [1.82, 2.24) is 4.98 Å². The van der Waals surface area contributed by atoms with E-state index in [1.54, 1.807) is 24.3 Å². The number of hydrogen-bond acceptors (Lipinski definition) is 6. The Kier molecular flexibility index (Phi) is 10.4. The monoisotopic (exact) mass is 566 g/mol. The number of carbonyl (C=O) groups excluding carboxylic acids is 2. The molecular weight excluding hydrogens is 532 g/mol. The van der Waals surface area contributed by atoms with Gasteiger partial charge in [-0.25, -0.2) is 4.98 Å². The molecule has 0 aliphatic heterocycles. The molecule has 0 bridgehead atoms. The van der Waals surface area contributed by atoms with Crippen LogP contribution < -0.4 is 14.8 Å². The molecule has 1 heterocycles. The predicted octanol–water partition coefficient (Wildman–Crippen LogP) is 6.83. The topological polar surface area (TPSA) is 115 Å². The maximum Gasteiger partial charge on any atom is 0.303 e. The SMILES string of the molecule is CCOc1ccc(C(=O)CCC(=O)Nc2cc(-c3cccc(CCC(=O)O)c3)cc(-c3ccccc3)n2)cc1OCC. The lowest BCUT2D eigenvalue weighted by Crippen LogP contribution is -2.15. The van der Waals surface area contributed by atoms with Gasteiger partial charge in [0.15, 0.2) is 17.3 Å². The number of nitrogens with zero attached hydrogens (tertiary/aromatic N) is 1. The zero-order valence-electron chi connectivity index (χ0n) is 23.8. The van der Waals surface area contributed by atoms with Gasteiger partial charge in [0.05, 0.1) is 18.9 Å². The molecule has 4 rings (SSSR count). The summed E-state index contributed by atoms with van der Waals surface area (Å²) in [6.45, 7) is 4.64. The Labute approximate surface area is 245 Å². The van der Waals surface area contributed by atoms with Crippen LogP contribution in [0.25, 0.3) is 22.4 Å². The number of aliphatic carboxylic acids is 1. The third-order valence-corrected chi connectivity index (χ3v) is 6.49. The molecule has 1 aromatic heterocycles. The Balaban J connectivity index is 1.52. The molecule has 8 nitrogen and oxygen atoms in total. The highest BCUT2D eigenvalue weighted by Gasteiger charge is 2.15. The van der Waals surface area contributed by atoms with Crippen molar-refractivity contribution in [2.45, 2.75) is 39.5 Å². The summed E-state index contributed by atoms with van der Waals surface area (Å²) in [5.74, 6) is 0.0606. The molecular formula is C34H34N2O6. The van der Waals surface area contributed by atoms with Crippen LogP contribution in [-0.4, -0.2) is 41.0 Å². The lowest BCUT2D eigenvalue weighted by molar-refractivity contribution is -0.137. The number of amides is 1. The molecule has 1 amide bonds. The summed E-state index contributed by atoms with van der Waals surface area (Å²) in [6.07, 6.45) is 0.450.